The molecule has 1 nitrogen and oxygen atoms in total. The second-order valence-electron chi connectivity index (χ2n) is 1.98. The molecule has 0 radical (unpaired) electrons. The van der Waals surface area contributed by atoms with E-state index in [4.69, 9.17) is 12.6 Å². The van der Waals surface area contributed by atoms with Gasteiger partial charge in [-0.3, -0.25) is 4.98 Å². The third-order valence-electron chi connectivity index (χ3n) is 1.29. The van der Waals surface area contributed by atoms with Crippen molar-refractivity contribution in [1.82, 2.24) is 4.98 Å². The SMILES string of the molecule is [K+].[S-]c1cc2cnccc2s1. The van der Waals surface area contributed by atoms with Crippen molar-refractivity contribution >= 4 is 34.1 Å². The topological polar surface area (TPSA) is 12.9 Å². The van der Waals surface area contributed by atoms with Crippen LogP contribution in [0.5, 0.6) is 0 Å². The third-order valence-corrected chi connectivity index (χ3v) is 2.57. The molecule has 0 aliphatic carbocycles. The number of pyridine rings is 1. The monoisotopic (exact) mass is 205 g/mol. The fourth-order valence-electron chi connectivity index (χ4n) is 0.860. The van der Waals surface area contributed by atoms with E-state index in [0.717, 1.165) is 9.60 Å². The van der Waals surface area contributed by atoms with Gasteiger partial charge in [-0.2, -0.15) is 0 Å². The van der Waals surface area contributed by atoms with E-state index in [1.54, 1.807) is 17.5 Å². The summed E-state index contributed by atoms with van der Waals surface area (Å²) in [7, 11) is 0. The largest absolute Gasteiger partial charge is 1.00 e. The van der Waals surface area contributed by atoms with Gasteiger partial charge in [-0.15, -0.1) is 4.21 Å². The minimum Gasteiger partial charge on any atom is -0.428 e. The molecule has 0 atom stereocenters. The maximum Gasteiger partial charge on any atom is 1.00 e. The summed E-state index contributed by atoms with van der Waals surface area (Å²) in [6, 6.07) is 3.96. The van der Waals surface area contributed by atoms with Crippen LogP contribution in [0.3, 0.4) is 0 Å². The van der Waals surface area contributed by atoms with E-state index in [1.165, 1.54) is 4.70 Å². The first-order valence-corrected chi connectivity index (χ1v) is 4.09. The Morgan fingerprint density at radius 2 is 2.27 bits per heavy atom. The molecule has 2 aromatic rings. The van der Waals surface area contributed by atoms with Crippen LogP contribution in [-0.4, -0.2) is 4.98 Å². The number of hydrogen-bond donors (Lipinski definition) is 0. The van der Waals surface area contributed by atoms with Gasteiger partial charge in [0.1, 0.15) is 0 Å². The van der Waals surface area contributed by atoms with Crippen LogP contribution in [-0.2, 0) is 12.6 Å². The van der Waals surface area contributed by atoms with Gasteiger partial charge in [-0.05, 0) is 11.5 Å². The zero-order valence-corrected chi connectivity index (χ0v) is 10.8. The Morgan fingerprint density at radius 1 is 1.45 bits per heavy atom. The van der Waals surface area contributed by atoms with E-state index in [2.05, 4.69) is 4.98 Å². The predicted octanol–water partition coefficient (Wildman–Crippen LogP) is -0.794. The summed E-state index contributed by atoms with van der Waals surface area (Å²) in [5.41, 5.74) is 0. The van der Waals surface area contributed by atoms with Crippen LogP contribution in [0.4, 0.5) is 0 Å². The van der Waals surface area contributed by atoms with Crippen molar-refractivity contribution in [2.45, 2.75) is 4.21 Å². The summed E-state index contributed by atoms with van der Waals surface area (Å²) >= 11 is 6.63. The maximum absolute atomic E-state index is 5.00. The van der Waals surface area contributed by atoms with Crippen LogP contribution >= 0.6 is 11.3 Å². The van der Waals surface area contributed by atoms with Gasteiger partial charge in [0.25, 0.3) is 0 Å². The van der Waals surface area contributed by atoms with Crippen LogP contribution in [0, 0.1) is 0 Å². The van der Waals surface area contributed by atoms with Crippen LogP contribution < -0.4 is 51.4 Å². The molecule has 4 heteroatoms. The Kier molecular flexibility index (Phi) is 3.90. The van der Waals surface area contributed by atoms with Crippen LogP contribution in [0.1, 0.15) is 0 Å². The van der Waals surface area contributed by atoms with Gasteiger partial charge in [0.2, 0.25) is 0 Å². The summed E-state index contributed by atoms with van der Waals surface area (Å²) < 4.78 is 2.16. The van der Waals surface area contributed by atoms with Gasteiger partial charge >= 0.3 is 51.4 Å². The van der Waals surface area contributed by atoms with Gasteiger partial charge in [-0.1, -0.05) is 10.8 Å². The van der Waals surface area contributed by atoms with E-state index >= 15 is 0 Å². The van der Waals surface area contributed by atoms with E-state index in [9.17, 15) is 0 Å². The molecule has 0 unspecified atom stereocenters. The second kappa shape index (κ2) is 4.27. The van der Waals surface area contributed by atoms with E-state index < -0.39 is 0 Å². The van der Waals surface area contributed by atoms with Crippen LogP contribution in [0.2, 0.25) is 0 Å². The quantitative estimate of drug-likeness (QED) is 0.413. The summed E-state index contributed by atoms with van der Waals surface area (Å²) in [6.07, 6.45) is 3.62. The Labute approximate surface area is 117 Å². The van der Waals surface area contributed by atoms with Crippen molar-refractivity contribution in [3.05, 3.63) is 24.5 Å². The van der Waals surface area contributed by atoms with Gasteiger partial charge < -0.3 is 24.0 Å². The van der Waals surface area contributed by atoms with E-state index in [1.807, 2.05) is 18.3 Å². The van der Waals surface area contributed by atoms with Crippen molar-refractivity contribution in [3.8, 4) is 0 Å². The van der Waals surface area contributed by atoms with Crippen molar-refractivity contribution in [2.75, 3.05) is 0 Å². The van der Waals surface area contributed by atoms with Crippen molar-refractivity contribution < 1.29 is 51.4 Å². The number of nitrogens with zero attached hydrogens (tertiary/aromatic N) is 1. The van der Waals surface area contributed by atoms with Crippen molar-refractivity contribution in [1.29, 1.82) is 0 Å². The summed E-state index contributed by atoms with van der Waals surface area (Å²) in [6.45, 7) is 0. The van der Waals surface area contributed by atoms with E-state index in [-0.39, 0.29) is 51.4 Å². The smallest absolute Gasteiger partial charge is 0.428 e. The standard InChI is InChI=1S/C7H5NS2.K/c9-7-3-5-4-8-2-1-6(5)10-7;/h1-4,9H;/q;+1/p-1. The number of thiophene rings is 1. The fourth-order valence-corrected chi connectivity index (χ4v) is 2.02. The maximum atomic E-state index is 5.00. The van der Waals surface area contributed by atoms with E-state index in [0.29, 0.717) is 0 Å². The number of fused-ring (bicyclic) bond motifs is 1. The third kappa shape index (κ3) is 2.21. The molecule has 0 bridgehead atoms. The molecule has 50 valence electrons. The summed E-state index contributed by atoms with van der Waals surface area (Å²) in [4.78, 5) is 3.99. The zero-order chi connectivity index (χ0) is 6.97. The van der Waals surface area contributed by atoms with Gasteiger partial charge in [0.15, 0.2) is 0 Å². The number of hydrogen-bond acceptors (Lipinski definition) is 3. The molecule has 0 aliphatic heterocycles. The Bertz CT molecular complexity index is 325. The summed E-state index contributed by atoms with van der Waals surface area (Å²) in [5.74, 6) is 0. The fraction of sp³-hybridized carbons (Fsp3) is 0. The van der Waals surface area contributed by atoms with Crippen LogP contribution in [0.25, 0.3) is 10.1 Å². The summed E-state index contributed by atoms with van der Waals surface area (Å²) in [5, 5.41) is 1.15. The van der Waals surface area contributed by atoms with Gasteiger partial charge in [-0.25, -0.2) is 0 Å². The van der Waals surface area contributed by atoms with Crippen LogP contribution in [0.15, 0.2) is 28.7 Å². The molecular weight excluding hydrogens is 201 g/mol. The minimum atomic E-state index is 0. The molecule has 0 aliphatic rings. The normalized spacial score (nSPS) is 9.45. The predicted molar refractivity (Wildman–Crippen MR) is 45.3 cm³/mol. The molecule has 0 N–H and O–H groups in total. The van der Waals surface area contributed by atoms with Crippen molar-refractivity contribution in [2.24, 2.45) is 0 Å². The first-order valence-electron chi connectivity index (χ1n) is 2.87. The molecule has 0 saturated heterocycles. The van der Waals surface area contributed by atoms with Gasteiger partial charge in [0.05, 0.1) is 0 Å². The zero-order valence-electron chi connectivity index (χ0n) is 6.07. The molecule has 11 heavy (non-hydrogen) atoms. The first-order chi connectivity index (χ1) is 4.86. The molecule has 2 aromatic heterocycles. The molecule has 0 aromatic carbocycles. The molecule has 0 amide bonds. The Morgan fingerprint density at radius 3 is 3.00 bits per heavy atom. The molecular formula is C7H4KNS2. The molecule has 2 heterocycles. The minimum absolute atomic E-state index is 0. The first kappa shape index (κ1) is 10.0. The van der Waals surface area contributed by atoms with Gasteiger partial charge in [0, 0.05) is 12.4 Å². The number of rotatable bonds is 0. The number of aromatic nitrogens is 1. The Hall–Kier alpha value is 0.966. The van der Waals surface area contributed by atoms with Crippen molar-refractivity contribution in [3.63, 3.8) is 0 Å². The molecule has 2 rings (SSSR count). The molecule has 0 spiro atoms. The molecule has 0 fully saturated rings. The molecule has 0 saturated carbocycles. The average molecular weight is 205 g/mol. The average Bonchev–Trinajstić information content (AvgIpc) is 2.27. The Balaban J connectivity index is 0.000000605. The second-order valence-corrected chi connectivity index (χ2v) is 3.76.